The number of carboxylic acid groups (broad SMARTS) is 1. The van der Waals surface area contributed by atoms with Crippen molar-refractivity contribution >= 4 is 41.6 Å². The second kappa shape index (κ2) is 7.15. The minimum atomic E-state index is -0.839. The van der Waals surface area contributed by atoms with Crippen molar-refractivity contribution in [3.05, 3.63) is 45.5 Å². The number of rotatable bonds is 3. The Bertz CT molecular complexity index is 503. The lowest BCUT2D eigenvalue weighted by atomic mass is 10.1. The second-order valence-electron chi connectivity index (χ2n) is 4.28. The van der Waals surface area contributed by atoms with E-state index in [0.29, 0.717) is 28.7 Å². The molecule has 1 aliphatic rings. The van der Waals surface area contributed by atoms with Crippen molar-refractivity contribution in [2.45, 2.75) is 13.0 Å². The van der Waals surface area contributed by atoms with Gasteiger partial charge >= 0.3 is 5.97 Å². The molecule has 19 heavy (non-hydrogen) atoms. The zero-order valence-corrected chi connectivity index (χ0v) is 12.4. The van der Waals surface area contributed by atoms with Crippen LogP contribution in [0.3, 0.4) is 0 Å². The molecule has 0 aromatic heterocycles. The van der Waals surface area contributed by atoms with Crippen molar-refractivity contribution in [1.82, 2.24) is 4.90 Å². The van der Waals surface area contributed by atoms with E-state index in [9.17, 15) is 4.79 Å². The molecule has 1 aromatic carbocycles. The molecule has 0 saturated heterocycles. The summed E-state index contributed by atoms with van der Waals surface area (Å²) in [6.07, 6.45) is 2.55. The Hall–Kier alpha value is -0.740. The van der Waals surface area contributed by atoms with E-state index in [0.717, 1.165) is 18.5 Å². The van der Waals surface area contributed by atoms with Gasteiger partial charge in [-0.05, 0) is 24.1 Å². The smallest absolute Gasteiger partial charge is 0.332 e. The summed E-state index contributed by atoms with van der Waals surface area (Å²) in [4.78, 5) is 13.0. The minimum absolute atomic E-state index is 0. The number of hydrogen-bond acceptors (Lipinski definition) is 2. The SMILES string of the molecule is Cl.O=C(O)C1=CCCN(Cc2ccc(Cl)c(Cl)c2)C1. The topological polar surface area (TPSA) is 40.5 Å². The maximum Gasteiger partial charge on any atom is 0.332 e. The maximum absolute atomic E-state index is 10.9. The van der Waals surface area contributed by atoms with Crippen LogP contribution in [0.25, 0.3) is 0 Å². The number of carbonyl (C=O) groups is 1. The molecule has 0 spiro atoms. The molecular formula is C13H14Cl3NO2. The molecule has 0 fully saturated rings. The van der Waals surface area contributed by atoms with Gasteiger partial charge in [-0.15, -0.1) is 12.4 Å². The van der Waals surface area contributed by atoms with E-state index in [1.165, 1.54) is 0 Å². The largest absolute Gasteiger partial charge is 0.478 e. The second-order valence-corrected chi connectivity index (χ2v) is 5.10. The van der Waals surface area contributed by atoms with Gasteiger partial charge in [-0.1, -0.05) is 35.3 Å². The summed E-state index contributed by atoms with van der Waals surface area (Å²) in [5.74, 6) is -0.839. The third-order valence-electron chi connectivity index (χ3n) is 2.89. The van der Waals surface area contributed by atoms with Crippen LogP contribution in [0.15, 0.2) is 29.8 Å². The fraction of sp³-hybridized carbons (Fsp3) is 0.308. The number of benzene rings is 1. The Morgan fingerprint density at radius 1 is 1.32 bits per heavy atom. The number of nitrogens with zero attached hydrogens (tertiary/aromatic N) is 1. The van der Waals surface area contributed by atoms with Gasteiger partial charge in [-0.25, -0.2) is 4.79 Å². The van der Waals surface area contributed by atoms with E-state index >= 15 is 0 Å². The first-order valence-corrected chi connectivity index (χ1v) is 6.40. The first kappa shape index (κ1) is 16.3. The van der Waals surface area contributed by atoms with Crippen molar-refractivity contribution in [3.8, 4) is 0 Å². The van der Waals surface area contributed by atoms with Crippen LogP contribution in [0.1, 0.15) is 12.0 Å². The molecule has 1 aliphatic heterocycles. The molecule has 104 valence electrons. The molecule has 3 nitrogen and oxygen atoms in total. The fourth-order valence-electron chi connectivity index (χ4n) is 1.99. The van der Waals surface area contributed by atoms with Crippen LogP contribution in [0.2, 0.25) is 10.0 Å². The van der Waals surface area contributed by atoms with Gasteiger partial charge in [0, 0.05) is 25.2 Å². The third kappa shape index (κ3) is 4.39. The summed E-state index contributed by atoms with van der Waals surface area (Å²) < 4.78 is 0. The van der Waals surface area contributed by atoms with Crippen molar-refractivity contribution in [2.24, 2.45) is 0 Å². The Labute approximate surface area is 128 Å². The number of aliphatic carboxylic acids is 1. The van der Waals surface area contributed by atoms with Gasteiger partial charge in [0.2, 0.25) is 0 Å². The van der Waals surface area contributed by atoms with Gasteiger partial charge in [0.15, 0.2) is 0 Å². The molecule has 0 amide bonds. The Morgan fingerprint density at radius 2 is 2.05 bits per heavy atom. The van der Waals surface area contributed by atoms with Crippen LogP contribution in [0.5, 0.6) is 0 Å². The van der Waals surface area contributed by atoms with Crippen LogP contribution in [0, 0.1) is 0 Å². The van der Waals surface area contributed by atoms with Gasteiger partial charge in [-0.3, -0.25) is 4.90 Å². The molecule has 0 bridgehead atoms. The van der Waals surface area contributed by atoms with E-state index in [1.54, 1.807) is 12.1 Å². The predicted molar refractivity (Wildman–Crippen MR) is 79.3 cm³/mol. The molecule has 6 heteroatoms. The van der Waals surface area contributed by atoms with Crippen LogP contribution >= 0.6 is 35.6 Å². The quantitative estimate of drug-likeness (QED) is 0.924. The molecule has 0 aliphatic carbocycles. The van der Waals surface area contributed by atoms with Crippen LogP contribution in [0.4, 0.5) is 0 Å². The zero-order chi connectivity index (χ0) is 13.1. The van der Waals surface area contributed by atoms with E-state index in [2.05, 4.69) is 4.90 Å². The minimum Gasteiger partial charge on any atom is -0.478 e. The summed E-state index contributed by atoms with van der Waals surface area (Å²) in [6, 6.07) is 5.49. The summed E-state index contributed by atoms with van der Waals surface area (Å²) in [5.41, 5.74) is 1.50. The van der Waals surface area contributed by atoms with Crippen molar-refractivity contribution in [3.63, 3.8) is 0 Å². The first-order valence-electron chi connectivity index (χ1n) is 5.65. The number of halogens is 3. The van der Waals surface area contributed by atoms with Crippen molar-refractivity contribution in [2.75, 3.05) is 13.1 Å². The van der Waals surface area contributed by atoms with Crippen LogP contribution in [-0.2, 0) is 11.3 Å². The lowest BCUT2D eigenvalue weighted by Crippen LogP contribution is -2.31. The highest BCUT2D eigenvalue weighted by Crippen LogP contribution is 2.24. The monoisotopic (exact) mass is 321 g/mol. The van der Waals surface area contributed by atoms with Crippen LogP contribution < -0.4 is 0 Å². The summed E-state index contributed by atoms with van der Waals surface area (Å²) >= 11 is 11.8. The van der Waals surface area contributed by atoms with E-state index in [-0.39, 0.29) is 12.4 Å². The van der Waals surface area contributed by atoms with Gasteiger partial charge in [0.1, 0.15) is 0 Å². The Balaban J connectivity index is 0.00000180. The fourth-order valence-corrected chi connectivity index (χ4v) is 2.31. The highest BCUT2D eigenvalue weighted by molar-refractivity contribution is 6.42. The molecular weight excluding hydrogens is 309 g/mol. The summed E-state index contributed by atoms with van der Waals surface area (Å²) in [6.45, 7) is 2.01. The van der Waals surface area contributed by atoms with Crippen LogP contribution in [-0.4, -0.2) is 29.1 Å². The highest BCUT2D eigenvalue weighted by Gasteiger charge is 2.17. The maximum atomic E-state index is 10.9. The number of carboxylic acids is 1. The number of hydrogen-bond donors (Lipinski definition) is 1. The lowest BCUT2D eigenvalue weighted by Gasteiger charge is -2.25. The van der Waals surface area contributed by atoms with Gasteiger partial charge in [-0.2, -0.15) is 0 Å². The zero-order valence-electron chi connectivity index (χ0n) is 10.1. The average molecular weight is 323 g/mol. The predicted octanol–water partition coefficient (Wildman–Crippen LogP) is 3.63. The Kier molecular flexibility index (Phi) is 6.14. The highest BCUT2D eigenvalue weighted by atomic mass is 35.5. The first-order chi connectivity index (χ1) is 8.56. The molecule has 0 radical (unpaired) electrons. The van der Waals surface area contributed by atoms with E-state index < -0.39 is 5.97 Å². The molecule has 0 atom stereocenters. The molecule has 0 saturated carbocycles. The third-order valence-corrected chi connectivity index (χ3v) is 3.63. The van der Waals surface area contributed by atoms with Crippen molar-refractivity contribution < 1.29 is 9.90 Å². The van der Waals surface area contributed by atoms with Gasteiger partial charge in [0.25, 0.3) is 0 Å². The standard InChI is InChI=1S/C13H13Cl2NO2.ClH/c14-11-4-3-9(6-12(11)15)7-16-5-1-2-10(8-16)13(17)18;/h2-4,6H,1,5,7-8H2,(H,17,18);1H. The van der Waals surface area contributed by atoms with Crippen molar-refractivity contribution in [1.29, 1.82) is 0 Å². The van der Waals surface area contributed by atoms with E-state index in [4.69, 9.17) is 28.3 Å². The molecule has 1 N–H and O–H groups in total. The Morgan fingerprint density at radius 3 is 2.68 bits per heavy atom. The summed E-state index contributed by atoms with van der Waals surface area (Å²) in [5, 5.41) is 10.0. The summed E-state index contributed by atoms with van der Waals surface area (Å²) in [7, 11) is 0. The molecule has 1 heterocycles. The van der Waals surface area contributed by atoms with E-state index in [1.807, 2.05) is 12.1 Å². The normalized spacial score (nSPS) is 15.6. The van der Waals surface area contributed by atoms with Gasteiger partial charge < -0.3 is 5.11 Å². The lowest BCUT2D eigenvalue weighted by molar-refractivity contribution is -0.133. The molecule has 0 unspecified atom stereocenters. The molecule has 1 aromatic rings. The molecule has 2 rings (SSSR count). The average Bonchev–Trinajstić information content (AvgIpc) is 2.34. The van der Waals surface area contributed by atoms with Gasteiger partial charge in [0.05, 0.1) is 10.0 Å².